The van der Waals surface area contributed by atoms with E-state index in [0.29, 0.717) is 46.3 Å². The van der Waals surface area contributed by atoms with Crippen LogP contribution in [-0.4, -0.2) is 57.9 Å². The maximum atomic E-state index is 12.4. The highest BCUT2D eigenvalue weighted by Gasteiger charge is 2.18. The third kappa shape index (κ3) is 7.36. The molecule has 37 heavy (non-hydrogen) atoms. The molecule has 0 atom stereocenters. The molecule has 4 N–H and O–H groups in total. The van der Waals surface area contributed by atoms with Crippen LogP contribution < -0.4 is 21.3 Å². The summed E-state index contributed by atoms with van der Waals surface area (Å²) in [4.78, 5) is 45.6. The minimum Gasteiger partial charge on any atom is -0.369 e. The molecule has 194 valence electrons. The molecule has 1 aliphatic rings. The molecule has 1 saturated heterocycles. The maximum Gasteiger partial charge on any atom is 0.324 e. The third-order valence-electron chi connectivity index (χ3n) is 5.43. The molecule has 1 aromatic carbocycles. The molecule has 1 fully saturated rings. The summed E-state index contributed by atoms with van der Waals surface area (Å²) in [5.41, 5.74) is 1.40. The van der Waals surface area contributed by atoms with Crippen LogP contribution in [0, 0.1) is 10.1 Å². The summed E-state index contributed by atoms with van der Waals surface area (Å²) in [6.07, 6.45) is 4.30. The Kier molecular flexibility index (Phi) is 8.85. The van der Waals surface area contributed by atoms with E-state index in [0.717, 1.165) is 43.0 Å². The average Bonchev–Trinajstić information content (AvgIpc) is 3.59. The molecule has 0 radical (unpaired) electrons. The normalized spacial score (nSPS) is 12.7. The summed E-state index contributed by atoms with van der Waals surface area (Å²) < 4.78 is 0.680. The highest BCUT2D eigenvalue weighted by molar-refractivity contribution is 9.10. The van der Waals surface area contributed by atoms with Crippen LogP contribution >= 0.6 is 27.3 Å². The van der Waals surface area contributed by atoms with Crippen molar-refractivity contribution in [3.8, 4) is 0 Å². The molecule has 3 amide bonds. The van der Waals surface area contributed by atoms with Gasteiger partial charge in [-0.25, -0.2) is 9.78 Å². The van der Waals surface area contributed by atoms with Crippen molar-refractivity contribution in [2.75, 3.05) is 42.1 Å². The minimum atomic E-state index is -0.516. The molecule has 0 unspecified atom stereocenters. The van der Waals surface area contributed by atoms with Crippen LogP contribution in [0.4, 0.5) is 32.9 Å². The lowest BCUT2D eigenvalue weighted by molar-refractivity contribution is -0.380. The lowest BCUT2D eigenvalue weighted by Gasteiger charge is -2.16. The molecule has 0 aliphatic carbocycles. The average molecular weight is 589 g/mol. The molecule has 4 rings (SSSR count). The molecule has 3 aromatic rings. The Morgan fingerprint density at radius 2 is 1.92 bits per heavy atom. The van der Waals surface area contributed by atoms with Gasteiger partial charge in [0, 0.05) is 49.8 Å². The maximum absolute atomic E-state index is 12.4. The van der Waals surface area contributed by atoms with Crippen LogP contribution in [0.5, 0.6) is 0 Å². The van der Waals surface area contributed by atoms with Crippen molar-refractivity contribution in [3.05, 3.63) is 62.1 Å². The number of carbonyl (C=O) groups excluding carboxylic acids is 2. The molecular weight excluding hydrogens is 564 g/mol. The van der Waals surface area contributed by atoms with E-state index in [-0.39, 0.29) is 16.9 Å². The number of nitrogens with one attached hydrogen (secondary N) is 4. The quantitative estimate of drug-likeness (QED) is 0.149. The van der Waals surface area contributed by atoms with E-state index in [9.17, 15) is 19.7 Å². The van der Waals surface area contributed by atoms with Gasteiger partial charge in [0.05, 0.1) is 14.3 Å². The molecule has 0 spiro atoms. The van der Waals surface area contributed by atoms with Gasteiger partial charge in [0.1, 0.15) is 5.82 Å². The number of nitrogens with zero attached hydrogens (tertiary/aromatic N) is 4. The first-order chi connectivity index (χ1) is 17.9. The highest BCUT2D eigenvalue weighted by atomic mass is 79.9. The fraction of sp³-hybridized carbons (Fsp3) is 0.304. The largest absolute Gasteiger partial charge is 0.369 e. The van der Waals surface area contributed by atoms with Crippen molar-refractivity contribution in [1.29, 1.82) is 0 Å². The second-order valence-corrected chi connectivity index (χ2v) is 10.1. The topological polar surface area (TPSA) is 154 Å². The number of amides is 3. The zero-order valence-electron chi connectivity index (χ0n) is 19.7. The number of urea groups is 1. The standard InChI is InChI=1S/C23H25BrN8O4S/c24-17-14-27-22(28-15-5-3-6-16(13-15)29-23(34)31-11-1-2-12-31)30-20(17)25-9-4-10-26-21(33)18-7-8-19(37-18)32(35)36/h3,5-8,13-14H,1-2,4,9-12H2,(H,26,33)(H,29,34)(H2,25,27,28,30). The molecule has 3 heterocycles. The van der Waals surface area contributed by atoms with Gasteiger partial charge >= 0.3 is 11.0 Å². The number of anilines is 4. The number of hydrogen-bond acceptors (Lipinski definition) is 9. The van der Waals surface area contributed by atoms with E-state index in [2.05, 4.69) is 47.2 Å². The van der Waals surface area contributed by atoms with Crippen LogP contribution in [0.15, 0.2) is 47.1 Å². The number of rotatable bonds is 10. The number of thiophene rings is 1. The van der Waals surface area contributed by atoms with Gasteiger partial charge in [0.15, 0.2) is 0 Å². The predicted octanol–water partition coefficient (Wildman–Crippen LogP) is 4.81. The Bertz CT molecular complexity index is 1280. The summed E-state index contributed by atoms with van der Waals surface area (Å²) in [7, 11) is 0. The molecule has 0 saturated carbocycles. The van der Waals surface area contributed by atoms with Crippen molar-refractivity contribution < 1.29 is 14.5 Å². The van der Waals surface area contributed by atoms with Gasteiger partial charge in [-0.1, -0.05) is 17.4 Å². The summed E-state index contributed by atoms with van der Waals surface area (Å²) in [5.74, 6) is 0.615. The number of nitro groups is 1. The van der Waals surface area contributed by atoms with Crippen molar-refractivity contribution in [1.82, 2.24) is 20.2 Å². The zero-order valence-corrected chi connectivity index (χ0v) is 22.1. The van der Waals surface area contributed by atoms with Crippen molar-refractivity contribution in [3.63, 3.8) is 0 Å². The van der Waals surface area contributed by atoms with Crippen LogP contribution in [0.3, 0.4) is 0 Å². The third-order valence-corrected chi connectivity index (χ3v) is 7.05. The number of carbonyl (C=O) groups is 2. The van der Waals surface area contributed by atoms with Crippen LogP contribution in [-0.2, 0) is 0 Å². The van der Waals surface area contributed by atoms with Gasteiger partial charge in [0.2, 0.25) is 5.95 Å². The molecule has 14 heteroatoms. The Hall–Kier alpha value is -3.78. The van der Waals surface area contributed by atoms with E-state index in [4.69, 9.17) is 0 Å². The number of aromatic nitrogens is 2. The lowest BCUT2D eigenvalue weighted by atomic mass is 10.3. The lowest BCUT2D eigenvalue weighted by Crippen LogP contribution is -2.32. The fourth-order valence-electron chi connectivity index (χ4n) is 3.61. The van der Waals surface area contributed by atoms with Crippen molar-refractivity contribution in [2.24, 2.45) is 0 Å². The smallest absolute Gasteiger partial charge is 0.324 e. The van der Waals surface area contributed by atoms with E-state index >= 15 is 0 Å². The minimum absolute atomic E-state index is 0.0663. The number of likely N-dealkylation sites (tertiary alicyclic amines) is 1. The van der Waals surface area contributed by atoms with Crippen LogP contribution in [0.2, 0.25) is 0 Å². The Morgan fingerprint density at radius 3 is 2.68 bits per heavy atom. The summed E-state index contributed by atoms with van der Waals surface area (Å²) in [6, 6.07) is 10.00. The first-order valence-corrected chi connectivity index (χ1v) is 13.2. The Labute approximate surface area is 225 Å². The molecule has 1 aliphatic heterocycles. The van der Waals surface area contributed by atoms with Crippen molar-refractivity contribution in [2.45, 2.75) is 19.3 Å². The van der Waals surface area contributed by atoms with Gasteiger partial charge in [-0.05, 0) is 59.5 Å². The van der Waals surface area contributed by atoms with Crippen LogP contribution in [0.1, 0.15) is 28.9 Å². The van der Waals surface area contributed by atoms with Crippen molar-refractivity contribution >= 4 is 67.3 Å². The molecule has 0 bridgehead atoms. The van der Waals surface area contributed by atoms with Gasteiger partial charge in [0.25, 0.3) is 5.91 Å². The summed E-state index contributed by atoms with van der Waals surface area (Å²) >= 11 is 4.28. The SMILES string of the molecule is O=C(NCCCNc1nc(Nc2cccc(NC(=O)N3CCCC3)c2)ncc1Br)c1ccc([N+](=O)[O-])s1. The summed E-state index contributed by atoms with van der Waals surface area (Å²) in [6.45, 7) is 2.47. The first kappa shape index (κ1) is 26.3. The van der Waals surface area contributed by atoms with Gasteiger partial charge in [-0.2, -0.15) is 4.98 Å². The first-order valence-electron chi connectivity index (χ1n) is 11.6. The predicted molar refractivity (Wildman–Crippen MR) is 146 cm³/mol. The monoisotopic (exact) mass is 588 g/mol. The van der Waals surface area contributed by atoms with Crippen LogP contribution in [0.25, 0.3) is 0 Å². The van der Waals surface area contributed by atoms with Gasteiger partial charge in [-0.15, -0.1) is 0 Å². The zero-order chi connectivity index (χ0) is 26.2. The Balaban J connectivity index is 1.26. The number of hydrogen-bond donors (Lipinski definition) is 4. The number of halogens is 1. The molecule has 2 aromatic heterocycles. The van der Waals surface area contributed by atoms with E-state index in [1.54, 1.807) is 11.1 Å². The fourth-order valence-corrected chi connectivity index (χ4v) is 4.68. The van der Waals surface area contributed by atoms with E-state index < -0.39 is 4.92 Å². The second kappa shape index (κ2) is 12.5. The summed E-state index contributed by atoms with van der Waals surface area (Å²) in [5, 5.41) is 22.7. The second-order valence-electron chi connectivity index (χ2n) is 8.15. The Morgan fingerprint density at radius 1 is 1.14 bits per heavy atom. The van der Waals surface area contributed by atoms with Gasteiger partial charge in [-0.3, -0.25) is 14.9 Å². The van der Waals surface area contributed by atoms with Gasteiger partial charge < -0.3 is 26.2 Å². The molecular formula is C23H25BrN8O4S. The molecule has 12 nitrogen and oxygen atoms in total. The highest BCUT2D eigenvalue weighted by Crippen LogP contribution is 2.25. The van der Waals surface area contributed by atoms with E-state index in [1.165, 1.54) is 12.1 Å². The van der Waals surface area contributed by atoms with E-state index in [1.807, 2.05) is 24.3 Å². The number of benzene rings is 1.